The maximum Gasteiger partial charge on any atom is 0.263 e. The molecule has 0 spiro atoms. The molecule has 0 saturated carbocycles. The Morgan fingerprint density at radius 3 is 2.80 bits per heavy atom. The lowest BCUT2D eigenvalue weighted by atomic mass is 10.0. The molecule has 2 aromatic heterocycles. The average Bonchev–Trinajstić information content (AvgIpc) is 3.08. The molecule has 0 aliphatic carbocycles. The number of piperidine rings is 1. The van der Waals surface area contributed by atoms with Crippen LogP contribution in [0.4, 0.5) is 5.82 Å². The van der Waals surface area contributed by atoms with Crippen LogP contribution in [0, 0.1) is 6.92 Å². The molecular formula is C19H23N5O. The van der Waals surface area contributed by atoms with Crippen LogP contribution in [-0.2, 0) is 0 Å². The molecule has 0 bridgehead atoms. The van der Waals surface area contributed by atoms with E-state index in [1.807, 2.05) is 12.1 Å². The van der Waals surface area contributed by atoms with Crippen molar-refractivity contribution in [1.82, 2.24) is 20.0 Å². The fourth-order valence-corrected chi connectivity index (χ4v) is 3.46. The van der Waals surface area contributed by atoms with Crippen LogP contribution in [-0.4, -0.2) is 46.2 Å². The average molecular weight is 337 g/mol. The summed E-state index contributed by atoms with van der Waals surface area (Å²) in [6.07, 6.45) is 5.50. The number of fused-ring (bicyclic) bond motifs is 1. The summed E-state index contributed by atoms with van der Waals surface area (Å²) in [4.78, 5) is 11.2. The SMILES string of the molecule is Cc1ccccc1-c1noc2ncnc(NCCN3CCCCC3)c12. The van der Waals surface area contributed by atoms with Gasteiger partial charge in [0.1, 0.15) is 23.2 Å². The van der Waals surface area contributed by atoms with Gasteiger partial charge in [0.05, 0.1) is 0 Å². The molecule has 1 aliphatic heterocycles. The van der Waals surface area contributed by atoms with Gasteiger partial charge < -0.3 is 14.7 Å². The lowest BCUT2D eigenvalue weighted by Gasteiger charge is -2.26. The van der Waals surface area contributed by atoms with Crippen molar-refractivity contribution in [2.24, 2.45) is 0 Å². The molecule has 0 amide bonds. The Morgan fingerprint density at radius 1 is 1.12 bits per heavy atom. The van der Waals surface area contributed by atoms with Crippen molar-refractivity contribution in [2.45, 2.75) is 26.2 Å². The van der Waals surface area contributed by atoms with Gasteiger partial charge in [0.15, 0.2) is 0 Å². The fourth-order valence-electron chi connectivity index (χ4n) is 3.46. The Bertz CT molecular complexity index is 854. The molecule has 1 aliphatic rings. The third-order valence-electron chi connectivity index (χ3n) is 4.84. The van der Waals surface area contributed by atoms with Gasteiger partial charge in [-0.3, -0.25) is 0 Å². The van der Waals surface area contributed by atoms with E-state index in [1.165, 1.54) is 38.7 Å². The van der Waals surface area contributed by atoms with Crippen LogP contribution in [0.1, 0.15) is 24.8 Å². The summed E-state index contributed by atoms with van der Waals surface area (Å²) in [6.45, 7) is 6.34. The van der Waals surface area contributed by atoms with Gasteiger partial charge in [0.25, 0.3) is 5.71 Å². The first-order chi connectivity index (χ1) is 12.3. The van der Waals surface area contributed by atoms with E-state index >= 15 is 0 Å². The van der Waals surface area contributed by atoms with Crippen LogP contribution in [0.2, 0.25) is 0 Å². The minimum atomic E-state index is 0.522. The normalized spacial score (nSPS) is 15.6. The summed E-state index contributed by atoms with van der Waals surface area (Å²) in [5.41, 5.74) is 3.53. The summed E-state index contributed by atoms with van der Waals surface area (Å²) in [6, 6.07) is 8.16. The zero-order valence-electron chi connectivity index (χ0n) is 14.5. The van der Waals surface area contributed by atoms with E-state index in [1.54, 1.807) is 0 Å². The van der Waals surface area contributed by atoms with Gasteiger partial charge in [-0.05, 0) is 38.4 Å². The van der Waals surface area contributed by atoms with Crippen LogP contribution in [0.15, 0.2) is 35.1 Å². The summed E-state index contributed by atoms with van der Waals surface area (Å²) >= 11 is 0. The van der Waals surface area contributed by atoms with Gasteiger partial charge in [-0.2, -0.15) is 4.98 Å². The number of nitrogens with one attached hydrogen (secondary N) is 1. The molecule has 4 rings (SSSR count). The maximum absolute atomic E-state index is 5.44. The molecule has 1 saturated heterocycles. The molecular weight excluding hydrogens is 314 g/mol. The predicted octanol–water partition coefficient (Wildman–Crippen LogP) is 3.49. The molecule has 1 fully saturated rings. The molecule has 6 nitrogen and oxygen atoms in total. The van der Waals surface area contributed by atoms with Crippen molar-refractivity contribution >= 4 is 16.9 Å². The number of benzene rings is 1. The van der Waals surface area contributed by atoms with Crippen molar-refractivity contribution in [3.63, 3.8) is 0 Å². The maximum atomic E-state index is 5.44. The zero-order chi connectivity index (χ0) is 17.1. The lowest BCUT2D eigenvalue weighted by molar-refractivity contribution is 0.237. The van der Waals surface area contributed by atoms with Crippen molar-refractivity contribution in [1.29, 1.82) is 0 Å². The first-order valence-electron chi connectivity index (χ1n) is 8.95. The van der Waals surface area contributed by atoms with Gasteiger partial charge in [-0.15, -0.1) is 0 Å². The van der Waals surface area contributed by atoms with Gasteiger partial charge >= 0.3 is 0 Å². The number of hydrogen-bond donors (Lipinski definition) is 1. The molecule has 25 heavy (non-hydrogen) atoms. The summed E-state index contributed by atoms with van der Waals surface area (Å²) in [7, 11) is 0. The number of aromatic nitrogens is 3. The van der Waals surface area contributed by atoms with Gasteiger partial charge in [-0.25, -0.2) is 4.98 Å². The molecule has 130 valence electrons. The highest BCUT2D eigenvalue weighted by Crippen LogP contribution is 2.32. The van der Waals surface area contributed by atoms with E-state index in [0.29, 0.717) is 5.71 Å². The van der Waals surface area contributed by atoms with E-state index in [4.69, 9.17) is 4.52 Å². The Hall–Kier alpha value is -2.47. The van der Waals surface area contributed by atoms with Crippen molar-refractivity contribution in [3.05, 3.63) is 36.2 Å². The van der Waals surface area contributed by atoms with Crippen LogP contribution in [0.5, 0.6) is 0 Å². The third-order valence-corrected chi connectivity index (χ3v) is 4.84. The molecule has 0 radical (unpaired) electrons. The lowest BCUT2D eigenvalue weighted by Crippen LogP contribution is -2.33. The second kappa shape index (κ2) is 7.19. The highest BCUT2D eigenvalue weighted by atomic mass is 16.5. The molecule has 0 unspecified atom stereocenters. The molecule has 1 N–H and O–H groups in total. The largest absolute Gasteiger partial charge is 0.368 e. The van der Waals surface area contributed by atoms with Gasteiger partial charge in [0.2, 0.25) is 0 Å². The summed E-state index contributed by atoms with van der Waals surface area (Å²) < 4.78 is 5.44. The Morgan fingerprint density at radius 2 is 1.96 bits per heavy atom. The number of nitrogens with zero attached hydrogens (tertiary/aromatic N) is 4. The molecule has 3 aromatic rings. The van der Waals surface area contributed by atoms with Crippen molar-refractivity contribution in [3.8, 4) is 11.3 Å². The first-order valence-corrected chi connectivity index (χ1v) is 8.95. The van der Waals surface area contributed by atoms with E-state index in [-0.39, 0.29) is 0 Å². The number of rotatable bonds is 5. The minimum absolute atomic E-state index is 0.522. The summed E-state index contributed by atoms with van der Waals surface area (Å²) in [5.74, 6) is 0.793. The number of likely N-dealkylation sites (tertiary alicyclic amines) is 1. The second-order valence-corrected chi connectivity index (χ2v) is 6.58. The number of aryl methyl sites for hydroxylation is 1. The van der Waals surface area contributed by atoms with Crippen molar-refractivity contribution < 1.29 is 4.52 Å². The Labute approximate surface area is 147 Å². The van der Waals surface area contributed by atoms with Crippen LogP contribution < -0.4 is 5.32 Å². The smallest absolute Gasteiger partial charge is 0.263 e. The second-order valence-electron chi connectivity index (χ2n) is 6.58. The Kier molecular flexibility index (Phi) is 4.61. The minimum Gasteiger partial charge on any atom is -0.368 e. The molecule has 1 aromatic carbocycles. The highest BCUT2D eigenvalue weighted by molar-refractivity contribution is 5.98. The van der Waals surface area contributed by atoms with Crippen molar-refractivity contribution in [2.75, 3.05) is 31.5 Å². The fraction of sp³-hybridized carbons (Fsp3) is 0.421. The molecule has 0 atom stereocenters. The standard InChI is InChI=1S/C19H23N5O/c1-14-7-3-4-8-15(14)17-16-18(21-13-22-19(16)25-23-17)20-9-12-24-10-5-2-6-11-24/h3-4,7-8,13H,2,5-6,9-12H2,1H3,(H,20,21,22). The van der Waals surface area contributed by atoms with Crippen LogP contribution in [0.25, 0.3) is 22.4 Å². The first kappa shape index (κ1) is 16.0. The van der Waals surface area contributed by atoms with Crippen LogP contribution in [0.3, 0.4) is 0 Å². The summed E-state index contributed by atoms with van der Waals surface area (Å²) in [5, 5.41) is 8.57. The highest BCUT2D eigenvalue weighted by Gasteiger charge is 2.18. The zero-order valence-corrected chi connectivity index (χ0v) is 14.5. The van der Waals surface area contributed by atoms with E-state index in [9.17, 15) is 0 Å². The Balaban J connectivity index is 1.58. The third kappa shape index (κ3) is 3.35. The monoisotopic (exact) mass is 337 g/mol. The quantitative estimate of drug-likeness (QED) is 0.769. The van der Waals surface area contributed by atoms with Crippen LogP contribution >= 0.6 is 0 Å². The van der Waals surface area contributed by atoms with E-state index in [0.717, 1.165) is 41.1 Å². The predicted molar refractivity (Wildman–Crippen MR) is 98.6 cm³/mol. The topological polar surface area (TPSA) is 67.1 Å². The van der Waals surface area contributed by atoms with E-state index < -0.39 is 0 Å². The molecule has 3 heterocycles. The van der Waals surface area contributed by atoms with E-state index in [2.05, 4.69) is 44.4 Å². The molecule has 6 heteroatoms. The number of hydrogen-bond acceptors (Lipinski definition) is 6. The number of anilines is 1. The van der Waals surface area contributed by atoms with Gasteiger partial charge in [-0.1, -0.05) is 35.8 Å². The van der Waals surface area contributed by atoms with Gasteiger partial charge in [0, 0.05) is 18.7 Å².